The normalized spacial score (nSPS) is 31.2. The fourth-order valence-electron chi connectivity index (χ4n) is 6.06. The molecule has 1 heterocycles. The van der Waals surface area contributed by atoms with Crippen LogP contribution in [-0.4, -0.2) is 16.1 Å². The van der Waals surface area contributed by atoms with Crippen molar-refractivity contribution in [3.05, 3.63) is 41.3 Å². The van der Waals surface area contributed by atoms with Gasteiger partial charge in [-0.05, 0) is 73.8 Å². The predicted molar refractivity (Wildman–Crippen MR) is 102 cm³/mol. The fraction of sp³-hybridized carbons (Fsp3) is 0.591. The van der Waals surface area contributed by atoms with Crippen LogP contribution in [0.5, 0.6) is 0 Å². The Balaban J connectivity index is 1.26. The highest BCUT2D eigenvalue weighted by Gasteiger charge is 2.54. The minimum absolute atomic E-state index is 0.101. The van der Waals surface area contributed by atoms with Crippen LogP contribution in [0.15, 0.2) is 28.7 Å². The van der Waals surface area contributed by atoms with Crippen molar-refractivity contribution in [3.8, 4) is 0 Å². The molecule has 4 fully saturated rings. The molecule has 2 aromatic rings. The Kier molecular flexibility index (Phi) is 4.06. The van der Waals surface area contributed by atoms with Gasteiger partial charge in [0, 0.05) is 0 Å². The maximum absolute atomic E-state index is 13.1. The Bertz CT molecular complexity index is 804. The average molecular weight is 365 g/mol. The first kappa shape index (κ1) is 17.0. The van der Waals surface area contributed by atoms with Gasteiger partial charge in [-0.2, -0.15) is 0 Å². The molecule has 27 heavy (non-hydrogen) atoms. The summed E-state index contributed by atoms with van der Waals surface area (Å²) in [4.78, 5) is 13.1. The third-order valence-electron chi connectivity index (χ3n) is 6.99. The molecule has 1 N–H and O–H groups in total. The topological polar surface area (TPSA) is 68.0 Å². The van der Waals surface area contributed by atoms with Crippen molar-refractivity contribution in [2.24, 2.45) is 23.2 Å². The van der Waals surface area contributed by atoms with E-state index in [1.807, 2.05) is 0 Å². The van der Waals surface area contributed by atoms with Crippen LogP contribution in [0.4, 0.5) is 6.01 Å². The lowest BCUT2D eigenvalue weighted by Crippen LogP contribution is -2.51. The summed E-state index contributed by atoms with van der Waals surface area (Å²) < 4.78 is 5.72. The second-order valence-corrected chi connectivity index (χ2v) is 9.00. The summed E-state index contributed by atoms with van der Waals surface area (Å²) in [7, 11) is 0. The molecule has 1 aromatic heterocycles. The predicted octanol–water partition coefficient (Wildman–Crippen LogP) is 4.38. The molecule has 0 atom stereocenters. The summed E-state index contributed by atoms with van der Waals surface area (Å²) in [6, 6.07) is 8.69. The van der Waals surface area contributed by atoms with Crippen molar-refractivity contribution in [2.45, 2.75) is 58.3 Å². The van der Waals surface area contributed by atoms with Crippen LogP contribution in [0, 0.1) is 23.2 Å². The number of carbonyl (C=O) groups excluding carboxylic acids is 1. The van der Waals surface area contributed by atoms with Gasteiger partial charge in [0.2, 0.25) is 11.8 Å². The first-order chi connectivity index (χ1) is 13.1. The molecule has 4 saturated carbocycles. The standard InChI is InChI=1S/C22H27N3O2/c1-2-14-3-5-15(6-4-14)10-19-24-25-21(27-19)23-20(26)22-11-16-7-17(12-22)9-18(8-16)13-22/h3-6,16-18H,2,7-13H2,1H3,(H,23,25,26). The van der Waals surface area contributed by atoms with Crippen LogP contribution >= 0.6 is 0 Å². The molecule has 0 spiro atoms. The number of anilines is 1. The van der Waals surface area contributed by atoms with Gasteiger partial charge in [-0.15, -0.1) is 5.10 Å². The summed E-state index contributed by atoms with van der Waals surface area (Å²) in [5, 5.41) is 11.1. The molecule has 142 valence electrons. The molecule has 6 rings (SSSR count). The number of benzene rings is 1. The van der Waals surface area contributed by atoms with Crippen LogP contribution in [-0.2, 0) is 17.6 Å². The van der Waals surface area contributed by atoms with Gasteiger partial charge in [0.15, 0.2) is 0 Å². The zero-order valence-electron chi connectivity index (χ0n) is 15.9. The highest BCUT2D eigenvalue weighted by atomic mass is 16.4. The third kappa shape index (κ3) is 3.17. The maximum Gasteiger partial charge on any atom is 0.322 e. The molecule has 4 bridgehead atoms. The molecular weight excluding hydrogens is 338 g/mol. The van der Waals surface area contributed by atoms with E-state index in [0.29, 0.717) is 12.3 Å². The lowest BCUT2D eigenvalue weighted by Gasteiger charge is -2.55. The second-order valence-electron chi connectivity index (χ2n) is 9.00. The lowest BCUT2D eigenvalue weighted by atomic mass is 9.49. The van der Waals surface area contributed by atoms with E-state index < -0.39 is 0 Å². The minimum Gasteiger partial charge on any atom is -0.407 e. The van der Waals surface area contributed by atoms with E-state index in [1.165, 1.54) is 24.8 Å². The molecule has 1 aromatic carbocycles. The Morgan fingerprint density at radius 2 is 1.63 bits per heavy atom. The highest BCUT2D eigenvalue weighted by Crippen LogP contribution is 2.60. The largest absolute Gasteiger partial charge is 0.407 e. The minimum atomic E-state index is -0.195. The van der Waals surface area contributed by atoms with Gasteiger partial charge in [0.05, 0.1) is 11.8 Å². The molecular formula is C22H27N3O2. The van der Waals surface area contributed by atoms with Crippen molar-refractivity contribution in [1.82, 2.24) is 10.2 Å². The van der Waals surface area contributed by atoms with E-state index in [2.05, 4.69) is 46.7 Å². The van der Waals surface area contributed by atoms with Gasteiger partial charge in [0.1, 0.15) is 0 Å². The molecule has 0 saturated heterocycles. The average Bonchev–Trinajstić information content (AvgIpc) is 3.08. The van der Waals surface area contributed by atoms with E-state index >= 15 is 0 Å². The zero-order chi connectivity index (χ0) is 18.4. The van der Waals surface area contributed by atoms with Crippen molar-refractivity contribution < 1.29 is 9.21 Å². The number of aromatic nitrogens is 2. The molecule has 1 amide bonds. The number of amides is 1. The number of carbonyl (C=O) groups is 1. The van der Waals surface area contributed by atoms with Gasteiger partial charge in [-0.1, -0.05) is 36.3 Å². The molecule has 0 unspecified atom stereocenters. The van der Waals surface area contributed by atoms with Crippen LogP contribution in [0.1, 0.15) is 62.5 Å². The summed E-state index contributed by atoms with van der Waals surface area (Å²) in [5.41, 5.74) is 2.25. The Morgan fingerprint density at radius 1 is 1.04 bits per heavy atom. The SMILES string of the molecule is CCc1ccc(Cc2nnc(NC(=O)C34CC5CC(CC(C5)C3)C4)o2)cc1. The van der Waals surface area contributed by atoms with Crippen LogP contribution in [0.2, 0.25) is 0 Å². The number of aryl methyl sites for hydroxylation is 1. The summed E-state index contributed by atoms with van der Waals surface area (Å²) in [5.74, 6) is 2.87. The van der Waals surface area contributed by atoms with Crippen molar-refractivity contribution in [3.63, 3.8) is 0 Å². The van der Waals surface area contributed by atoms with Crippen LogP contribution in [0.25, 0.3) is 0 Å². The Labute approximate surface area is 159 Å². The number of rotatable bonds is 5. The van der Waals surface area contributed by atoms with E-state index in [1.54, 1.807) is 0 Å². The number of hydrogen-bond donors (Lipinski definition) is 1. The van der Waals surface area contributed by atoms with Crippen molar-refractivity contribution in [1.29, 1.82) is 0 Å². The second kappa shape index (κ2) is 6.47. The number of nitrogens with zero attached hydrogens (tertiary/aromatic N) is 2. The molecule has 4 aliphatic carbocycles. The van der Waals surface area contributed by atoms with Crippen LogP contribution in [0.3, 0.4) is 0 Å². The van der Waals surface area contributed by atoms with Gasteiger partial charge in [0.25, 0.3) is 0 Å². The van der Waals surface area contributed by atoms with Crippen molar-refractivity contribution >= 4 is 11.9 Å². The van der Waals surface area contributed by atoms with E-state index in [9.17, 15) is 4.79 Å². The van der Waals surface area contributed by atoms with Gasteiger partial charge < -0.3 is 4.42 Å². The van der Waals surface area contributed by atoms with Crippen molar-refractivity contribution in [2.75, 3.05) is 5.32 Å². The molecule has 0 aliphatic heterocycles. The lowest BCUT2D eigenvalue weighted by molar-refractivity contribution is -0.140. The Hall–Kier alpha value is -2.17. The molecule has 0 radical (unpaired) electrons. The Morgan fingerprint density at radius 3 is 2.22 bits per heavy atom. The van der Waals surface area contributed by atoms with Gasteiger partial charge in [-0.3, -0.25) is 10.1 Å². The molecule has 5 nitrogen and oxygen atoms in total. The summed E-state index contributed by atoms with van der Waals surface area (Å²) >= 11 is 0. The summed E-state index contributed by atoms with van der Waals surface area (Å²) in [6.07, 6.45) is 8.71. The zero-order valence-corrected chi connectivity index (χ0v) is 15.9. The van der Waals surface area contributed by atoms with Crippen LogP contribution < -0.4 is 5.32 Å². The molecule has 5 heteroatoms. The smallest absolute Gasteiger partial charge is 0.322 e. The molecule has 4 aliphatic rings. The van der Waals surface area contributed by atoms with E-state index in [4.69, 9.17) is 4.42 Å². The highest BCUT2D eigenvalue weighted by molar-refractivity contribution is 5.94. The third-order valence-corrected chi connectivity index (χ3v) is 6.99. The summed E-state index contributed by atoms with van der Waals surface area (Å²) in [6.45, 7) is 2.14. The first-order valence-corrected chi connectivity index (χ1v) is 10.3. The fourth-order valence-corrected chi connectivity index (χ4v) is 6.06. The quantitative estimate of drug-likeness (QED) is 0.854. The monoisotopic (exact) mass is 365 g/mol. The number of hydrogen-bond acceptors (Lipinski definition) is 4. The first-order valence-electron chi connectivity index (χ1n) is 10.3. The number of nitrogens with one attached hydrogen (secondary N) is 1. The van der Waals surface area contributed by atoms with Gasteiger partial charge in [-0.25, -0.2) is 0 Å². The van der Waals surface area contributed by atoms with E-state index in [0.717, 1.165) is 49.0 Å². The maximum atomic E-state index is 13.1. The van der Waals surface area contributed by atoms with E-state index in [-0.39, 0.29) is 17.3 Å². The van der Waals surface area contributed by atoms with Gasteiger partial charge >= 0.3 is 6.01 Å².